The lowest BCUT2D eigenvalue weighted by Crippen LogP contribution is -2.04. The summed E-state index contributed by atoms with van der Waals surface area (Å²) in [4.78, 5) is 4.36. The summed E-state index contributed by atoms with van der Waals surface area (Å²) in [7, 11) is 0. The van der Waals surface area contributed by atoms with Gasteiger partial charge in [-0.25, -0.2) is 0 Å². The van der Waals surface area contributed by atoms with Crippen molar-refractivity contribution in [1.82, 2.24) is 0 Å². The molecule has 1 aromatic rings. The molecule has 3 heteroatoms. The molecule has 1 aliphatic rings. The molecule has 0 bridgehead atoms. The first-order valence-corrected chi connectivity index (χ1v) is 6.28. The van der Waals surface area contributed by atoms with E-state index in [4.69, 9.17) is 0 Å². The zero-order chi connectivity index (χ0) is 10.7. The third-order valence-corrected chi connectivity index (χ3v) is 3.31. The summed E-state index contributed by atoms with van der Waals surface area (Å²) in [5.41, 5.74) is 2.51. The number of benzene rings is 1. The first-order valence-electron chi connectivity index (χ1n) is 5.30. The molecule has 0 aliphatic carbocycles. The SMILES string of the molecule is CC(C)c1ccc(NC2=NCCS2)cc1. The maximum atomic E-state index is 4.36. The van der Waals surface area contributed by atoms with Crippen molar-refractivity contribution in [2.75, 3.05) is 17.6 Å². The van der Waals surface area contributed by atoms with Crippen molar-refractivity contribution in [2.24, 2.45) is 4.99 Å². The minimum atomic E-state index is 0.595. The Morgan fingerprint density at radius 1 is 1.27 bits per heavy atom. The second-order valence-electron chi connectivity index (χ2n) is 3.94. The second-order valence-corrected chi connectivity index (χ2v) is 5.02. The molecule has 15 heavy (non-hydrogen) atoms. The lowest BCUT2D eigenvalue weighted by atomic mass is 10.0. The first kappa shape index (κ1) is 10.6. The number of nitrogens with one attached hydrogen (secondary N) is 1. The quantitative estimate of drug-likeness (QED) is 0.826. The van der Waals surface area contributed by atoms with Crippen LogP contribution in [0.4, 0.5) is 5.69 Å². The molecular formula is C12H16N2S. The van der Waals surface area contributed by atoms with Crippen LogP contribution in [0.15, 0.2) is 29.3 Å². The van der Waals surface area contributed by atoms with Gasteiger partial charge in [-0.15, -0.1) is 0 Å². The standard InChI is InChI=1S/C12H16N2S/c1-9(2)10-3-5-11(6-4-10)14-12-13-7-8-15-12/h3-6,9H,7-8H2,1-2H3,(H,13,14). The fourth-order valence-electron chi connectivity index (χ4n) is 1.49. The lowest BCUT2D eigenvalue weighted by Gasteiger charge is -2.08. The van der Waals surface area contributed by atoms with E-state index in [2.05, 4.69) is 48.4 Å². The highest BCUT2D eigenvalue weighted by Gasteiger charge is 2.06. The minimum absolute atomic E-state index is 0.595. The van der Waals surface area contributed by atoms with Crippen LogP contribution in [-0.4, -0.2) is 17.5 Å². The van der Waals surface area contributed by atoms with Crippen LogP contribution in [-0.2, 0) is 0 Å². The average Bonchev–Trinajstić information content (AvgIpc) is 2.71. The maximum Gasteiger partial charge on any atom is 0.161 e. The molecule has 1 aliphatic heterocycles. The molecule has 0 unspecified atom stereocenters. The zero-order valence-corrected chi connectivity index (χ0v) is 9.97. The number of anilines is 1. The molecule has 0 fully saturated rings. The number of hydrogen-bond donors (Lipinski definition) is 1. The summed E-state index contributed by atoms with van der Waals surface area (Å²) in [6, 6.07) is 8.59. The molecular weight excluding hydrogens is 204 g/mol. The first-order chi connectivity index (χ1) is 7.25. The Balaban J connectivity index is 2.03. The van der Waals surface area contributed by atoms with Gasteiger partial charge in [-0.05, 0) is 23.6 Å². The molecule has 1 N–H and O–H groups in total. The van der Waals surface area contributed by atoms with Gasteiger partial charge >= 0.3 is 0 Å². The zero-order valence-electron chi connectivity index (χ0n) is 9.16. The van der Waals surface area contributed by atoms with Crippen LogP contribution in [0.25, 0.3) is 0 Å². The van der Waals surface area contributed by atoms with Crippen LogP contribution in [0.5, 0.6) is 0 Å². The second kappa shape index (κ2) is 4.71. The Bertz CT molecular complexity index is 354. The smallest absolute Gasteiger partial charge is 0.161 e. The lowest BCUT2D eigenvalue weighted by molar-refractivity contribution is 0.867. The summed E-state index contributed by atoms with van der Waals surface area (Å²) in [5.74, 6) is 1.70. The van der Waals surface area contributed by atoms with Gasteiger partial charge in [0.15, 0.2) is 5.17 Å². The Kier molecular flexibility index (Phi) is 3.31. The van der Waals surface area contributed by atoms with Crippen LogP contribution in [0.3, 0.4) is 0 Å². The summed E-state index contributed by atoms with van der Waals surface area (Å²) in [6.07, 6.45) is 0. The number of thioether (sulfide) groups is 1. The molecule has 0 amide bonds. The molecule has 2 rings (SSSR count). The molecule has 80 valence electrons. The number of hydrogen-bond acceptors (Lipinski definition) is 3. The largest absolute Gasteiger partial charge is 0.335 e. The van der Waals surface area contributed by atoms with Gasteiger partial charge in [-0.3, -0.25) is 4.99 Å². The number of nitrogens with zero attached hydrogens (tertiary/aromatic N) is 1. The van der Waals surface area contributed by atoms with E-state index in [0.717, 1.165) is 23.2 Å². The third-order valence-electron chi connectivity index (χ3n) is 2.41. The number of aliphatic imine (C=N–C) groups is 1. The fraction of sp³-hybridized carbons (Fsp3) is 0.417. The highest BCUT2D eigenvalue weighted by Crippen LogP contribution is 2.19. The van der Waals surface area contributed by atoms with Crippen LogP contribution >= 0.6 is 11.8 Å². The molecule has 0 saturated heterocycles. The van der Waals surface area contributed by atoms with Crippen molar-refractivity contribution in [2.45, 2.75) is 19.8 Å². The van der Waals surface area contributed by atoms with Gasteiger partial charge < -0.3 is 5.32 Å². The van der Waals surface area contributed by atoms with Gasteiger partial charge in [0.05, 0.1) is 6.54 Å². The van der Waals surface area contributed by atoms with Gasteiger partial charge in [0, 0.05) is 11.4 Å². The summed E-state index contributed by atoms with van der Waals surface area (Å²) < 4.78 is 0. The normalized spacial score (nSPS) is 15.5. The highest BCUT2D eigenvalue weighted by atomic mass is 32.2. The Hall–Kier alpha value is -0.960. The average molecular weight is 220 g/mol. The molecule has 0 aromatic heterocycles. The van der Waals surface area contributed by atoms with E-state index in [9.17, 15) is 0 Å². The van der Waals surface area contributed by atoms with Crippen LogP contribution < -0.4 is 5.32 Å². The van der Waals surface area contributed by atoms with Gasteiger partial charge in [-0.2, -0.15) is 0 Å². The van der Waals surface area contributed by atoms with E-state index >= 15 is 0 Å². The number of amidine groups is 1. The highest BCUT2D eigenvalue weighted by molar-refractivity contribution is 8.14. The molecule has 1 aromatic carbocycles. The predicted octanol–water partition coefficient (Wildman–Crippen LogP) is 3.32. The van der Waals surface area contributed by atoms with E-state index in [1.165, 1.54) is 5.56 Å². The molecule has 0 spiro atoms. The maximum absolute atomic E-state index is 4.36. The summed E-state index contributed by atoms with van der Waals surface area (Å²) >= 11 is 1.79. The van der Waals surface area contributed by atoms with Gasteiger partial charge in [0.1, 0.15) is 0 Å². The number of rotatable bonds is 2. The van der Waals surface area contributed by atoms with Crippen molar-refractivity contribution in [3.05, 3.63) is 29.8 Å². The Morgan fingerprint density at radius 3 is 2.53 bits per heavy atom. The van der Waals surface area contributed by atoms with Gasteiger partial charge in [-0.1, -0.05) is 37.7 Å². The van der Waals surface area contributed by atoms with E-state index in [0.29, 0.717) is 5.92 Å². The van der Waals surface area contributed by atoms with E-state index in [1.54, 1.807) is 11.8 Å². The summed E-state index contributed by atoms with van der Waals surface area (Å²) in [5, 5.41) is 4.37. The van der Waals surface area contributed by atoms with Crippen molar-refractivity contribution >= 4 is 22.6 Å². The monoisotopic (exact) mass is 220 g/mol. The molecule has 0 atom stereocenters. The van der Waals surface area contributed by atoms with Crippen molar-refractivity contribution in [3.8, 4) is 0 Å². The fourth-order valence-corrected chi connectivity index (χ4v) is 2.23. The predicted molar refractivity (Wildman–Crippen MR) is 68.9 cm³/mol. The van der Waals surface area contributed by atoms with Crippen molar-refractivity contribution in [1.29, 1.82) is 0 Å². The molecule has 1 heterocycles. The van der Waals surface area contributed by atoms with Crippen LogP contribution in [0, 0.1) is 0 Å². The van der Waals surface area contributed by atoms with Gasteiger partial charge in [0.2, 0.25) is 0 Å². The topological polar surface area (TPSA) is 24.4 Å². The van der Waals surface area contributed by atoms with E-state index in [1.807, 2.05) is 0 Å². The van der Waals surface area contributed by atoms with Crippen molar-refractivity contribution < 1.29 is 0 Å². The molecule has 0 saturated carbocycles. The molecule has 2 nitrogen and oxygen atoms in total. The van der Waals surface area contributed by atoms with Crippen LogP contribution in [0.2, 0.25) is 0 Å². The third kappa shape index (κ3) is 2.75. The Morgan fingerprint density at radius 2 is 2.00 bits per heavy atom. The van der Waals surface area contributed by atoms with Crippen molar-refractivity contribution in [3.63, 3.8) is 0 Å². The minimum Gasteiger partial charge on any atom is -0.335 e. The van der Waals surface area contributed by atoms with Crippen LogP contribution in [0.1, 0.15) is 25.3 Å². The van der Waals surface area contributed by atoms with E-state index in [-0.39, 0.29) is 0 Å². The Labute approximate surface area is 95.2 Å². The van der Waals surface area contributed by atoms with E-state index < -0.39 is 0 Å². The molecule has 0 radical (unpaired) electrons. The summed E-state index contributed by atoms with van der Waals surface area (Å²) in [6.45, 7) is 5.36. The van der Waals surface area contributed by atoms with Gasteiger partial charge in [0.25, 0.3) is 0 Å².